The van der Waals surface area contributed by atoms with Crippen molar-refractivity contribution in [3.8, 4) is 0 Å². The van der Waals surface area contributed by atoms with Crippen LogP contribution < -0.4 is 5.32 Å². The number of rotatable bonds is 4. The van der Waals surface area contributed by atoms with Crippen molar-refractivity contribution in [3.05, 3.63) is 30.0 Å². The maximum atomic E-state index is 4.76. The van der Waals surface area contributed by atoms with E-state index in [0.29, 0.717) is 12.1 Å². The van der Waals surface area contributed by atoms with Crippen LogP contribution >= 0.6 is 0 Å². The average molecular weight is 286 g/mol. The van der Waals surface area contributed by atoms with Crippen molar-refractivity contribution >= 4 is 10.9 Å². The van der Waals surface area contributed by atoms with Gasteiger partial charge in [0.2, 0.25) is 0 Å². The lowest BCUT2D eigenvalue weighted by Gasteiger charge is -2.39. The molecule has 1 aliphatic rings. The Balaban J connectivity index is 1.85. The summed E-state index contributed by atoms with van der Waals surface area (Å²) in [4.78, 5) is 2.61. The number of nitrogens with zero attached hydrogens (tertiary/aromatic N) is 3. The zero-order chi connectivity index (χ0) is 14.8. The molecule has 4 nitrogen and oxygen atoms in total. The molecule has 1 aromatic heterocycles. The molecule has 0 spiro atoms. The summed E-state index contributed by atoms with van der Waals surface area (Å²) >= 11 is 0. The van der Waals surface area contributed by atoms with Gasteiger partial charge in [0.1, 0.15) is 0 Å². The molecule has 0 amide bonds. The third-order valence-electron chi connectivity index (χ3n) is 4.54. The van der Waals surface area contributed by atoms with E-state index >= 15 is 0 Å². The Bertz CT molecular complexity index is 604. The Labute approximate surface area is 127 Å². The fraction of sp³-hybridized carbons (Fsp3) is 0.588. The summed E-state index contributed by atoms with van der Waals surface area (Å²) in [5.74, 6) is 0. The van der Waals surface area contributed by atoms with Gasteiger partial charge < -0.3 is 5.32 Å². The highest BCUT2D eigenvalue weighted by atomic mass is 15.3. The summed E-state index contributed by atoms with van der Waals surface area (Å²) in [5.41, 5.74) is 2.44. The second-order valence-corrected chi connectivity index (χ2v) is 6.27. The van der Waals surface area contributed by atoms with Crippen molar-refractivity contribution in [2.24, 2.45) is 7.05 Å². The maximum Gasteiger partial charge on any atom is 0.0843 e. The van der Waals surface area contributed by atoms with Gasteiger partial charge >= 0.3 is 0 Å². The number of nitrogens with one attached hydrogen (secondary N) is 1. The normalized spacial score (nSPS) is 23.8. The maximum absolute atomic E-state index is 4.76. The molecule has 2 heterocycles. The molecule has 4 heteroatoms. The van der Waals surface area contributed by atoms with Gasteiger partial charge in [0.05, 0.1) is 11.2 Å². The van der Waals surface area contributed by atoms with E-state index in [2.05, 4.69) is 48.3 Å². The zero-order valence-electron chi connectivity index (χ0n) is 13.3. The highest BCUT2D eigenvalue weighted by Gasteiger charge is 2.26. The molecule has 2 atom stereocenters. The predicted molar refractivity (Wildman–Crippen MR) is 87.3 cm³/mol. The smallest absolute Gasteiger partial charge is 0.0843 e. The van der Waals surface area contributed by atoms with Gasteiger partial charge in [-0.2, -0.15) is 5.10 Å². The molecule has 1 saturated heterocycles. The lowest BCUT2D eigenvalue weighted by atomic mass is 10.0. The van der Waals surface area contributed by atoms with Crippen LogP contribution in [0, 0.1) is 0 Å². The predicted octanol–water partition coefficient (Wildman–Crippen LogP) is 2.54. The Morgan fingerprint density at radius 3 is 2.95 bits per heavy atom. The SMILES string of the molecule is CCCC1CNC(C)CN1Cc1nn(C)c2ccccc12. The van der Waals surface area contributed by atoms with Crippen LogP contribution in [0.2, 0.25) is 0 Å². The van der Waals surface area contributed by atoms with E-state index in [4.69, 9.17) is 5.10 Å². The Morgan fingerprint density at radius 2 is 2.14 bits per heavy atom. The number of hydrogen-bond acceptors (Lipinski definition) is 3. The number of hydrogen-bond donors (Lipinski definition) is 1. The quantitative estimate of drug-likeness (QED) is 0.937. The molecule has 2 aromatic rings. The van der Waals surface area contributed by atoms with Crippen LogP contribution in [0.15, 0.2) is 24.3 Å². The average Bonchev–Trinajstić information content (AvgIpc) is 2.79. The van der Waals surface area contributed by atoms with Crippen molar-refractivity contribution in [1.29, 1.82) is 0 Å². The summed E-state index contributed by atoms with van der Waals surface area (Å²) in [6, 6.07) is 9.73. The molecular weight excluding hydrogens is 260 g/mol. The summed E-state index contributed by atoms with van der Waals surface area (Å²) in [6.07, 6.45) is 2.49. The Morgan fingerprint density at radius 1 is 1.33 bits per heavy atom. The topological polar surface area (TPSA) is 33.1 Å². The van der Waals surface area contributed by atoms with Crippen molar-refractivity contribution in [2.75, 3.05) is 13.1 Å². The molecule has 21 heavy (non-hydrogen) atoms. The summed E-state index contributed by atoms with van der Waals surface area (Å²) in [7, 11) is 2.04. The van der Waals surface area contributed by atoms with E-state index in [1.54, 1.807) is 0 Å². The molecular formula is C17H26N4. The molecule has 0 bridgehead atoms. The van der Waals surface area contributed by atoms with Crippen LogP contribution in [-0.4, -0.2) is 39.9 Å². The number of benzene rings is 1. The van der Waals surface area contributed by atoms with E-state index in [-0.39, 0.29) is 0 Å². The number of aromatic nitrogens is 2. The lowest BCUT2D eigenvalue weighted by molar-refractivity contribution is 0.119. The van der Waals surface area contributed by atoms with Crippen LogP contribution in [0.5, 0.6) is 0 Å². The number of aryl methyl sites for hydroxylation is 1. The van der Waals surface area contributed by atoms with Crippen LogP contribution in [0.3, 0.4) is 0 Å². The van der Waals surface area contributed by atoms with E-state index < -0.39 is 0 Å². The second-order valence-electron chi connectivity index (χ2n) is 6.27. The standard InChI is InChI=1S/C17H26N4/c1-4-7-14-10-18-13(2)11-21(14)12-16-15-8-5-6-9-17(15)20(3)19-16/h5-6,8-9,13-14,18H,4,7,10-12H2,1-3H3. The highest BCUT2D eigenvalue weighted by molar-refractivity contribution is 5.81. The largest absolute Gasteiger partial charge is 0.311 e. The third kappa shape index (κ3) is 2.97. The monoisotopic (exact) mass is 286 g/mol. The van der Waals surface area contributed by atoms with Gasteiger partial charge in [0.15, 0.2) is 0 Å². The van der Waals surface area contributed by atoms with Crippen molar-refractivity contribution in [2.45, 2.75) is 45.3 Å². The molecule has 1 aromatic carbocycles. The molecule has 0 saturated carbocycles. The van der Waals surface area contributed by atoms with Crippen molar-refractivity contribution in [1.82, 2.24) is 20.0 Å². The minimum atomic E-state index is 0.563. The van der Waals surface area contributed by atoms with Gasteiger partial charge in [-0.3, -0.25) is 9.58 Å². The van der Waals surface area contributed by atoms with Crippen LogP contribution in [0.4, 0.5) is 0 Å². The van der Waals surface area contributed by atoms with Gasteiger partial charge in [0.25, 0.3) is 0 Å². The minimum Gasteiger partial charge on any atom is -0.311 e. The van der Waals surface area contributed by atoms with E-state index in [9.17, 15) is 0 Å². The Hall–Kier alpha value is -1.39. The van der Waals surface area contributed by atoms with E-state index in [1.165, 1.54) is 29.4 Å². The molecule has 0 radical (unpaired) electrons. The number of piperazine rings is 1. The highest BCUT2D eigenvalue weighted by Crippen LogP contribution is 2.22. The van der Waals surface area contributed by atoms with Gasteiger partial charge in [-0.25, -0.2) is 0 Å². The molecule has 0 aliphatic carbocycles. The molecule has 3 rings (SSSR count). The summed E-state index contributed by atoms with van der Waals surface area (Å²) in [6.45, 7) is 7.70. The summed E-state index contributed by atoms with van der Waals surface area (Å²) in [5, 5.41) is 9.66. The lowest BCUT2D eigenvalue weighted by Crippen LogP contribution is -2.54. The van der Waals surface area contributed by atoms with Gasteiger partial charge in [-0.05, 0) is 19.4 Å². The van der Waals surface area contributed by atoms with E-state index in [1.807, 2.05) is 11.7 Å². The van der Waals surface area contributed by atoms with Gasteiger partial charge in [-0.15, -0.1) is 0 Å². The molecule has 114 valence electrons. The van der Waals surface area contributed by atoms with Gasteiger partial charge in [-0.1, -0.05) is 31.5 Å². The van der Waals surface area contributed by atoms with Crippen LogP contribution in [-0.2, 0) is 13.6 Å². The van der Waals surface area contributed by atoms with Crippen LogP contribution in [0.1, 0.15) is 32.4 Å². The third-order valence-corrected chi connectivity index (χ3v) is 4.54. The minimum absolute atomic E-state index is 0.563. The molecule has 1 aliphatic heterocycles. The van der Waals surface area contributed by atoms with E-state index in [0.717, 1.165) is 19.6 Å². The first kappa shape index (κ1) is 14.5. The fourth-order valence-corrected chi connectivity index (χ4v) is 3.44. The molecule has 1 fully saturated rings. The first-order chi connectivity index (χ1) is 10.2. The zero-order valence-corrected chi connectivity index (χ0v) is 13.3. The van der Waals surface area contributed by atoms with Gasteiger partial charge in [0, 0.05) is 44.2 Å². The number of fused-ring (bicyclic) bond motifs is 1. The molecule has 2 unspecified atom stereocenters. The van der Waals surface area contributed by atoms with Crippen LogP contribution in [0.25, 0.3) is 10.9 Å². The second kappa shape index (κ2) is 6.16. The molecule has 1 N–H and O–H groups in total. The number of para-hydroxylation sites is 1. The first-order valence-electron chi connectivity index (χ1n) is 8.07. The Kier molecular flexibility index (Phi) is 4.27. The fourth-order valence-electron chi connectivity index (χ4n) is 3.44. The first-order valence-corrected chi connectivity index (χ1v) is 8.07. The summed E-state index contributed by atoms with van der Waals surface area (Å²) < 4.78 is 2.01. The van der Waals surface area contributed by atoms with Crippen molar-refractivity contribution < 1.29 is 0 Å². The van der Waals surface area contributed by atoms with Crippen molar-refractivity contribution in [3.63, 3.8) is 0 Å².